The highest BCUT2D eigenvalue weighted by Gasteiger charge is 2.29. The van der Waals surface area contributed by atoms with E-state index >= 15 is 0 Å². The Labute approximate surface area is 98.2 Å². The summed E-state index contributed by atoms with van der Waals surface area (Å²) in [6.07, 6.45) is 0. The Bertz CT molecular complexity index is 282. The smallest absolute Gasteiger partial charge is 0.280 e. The van der Waals surface area contributed by atoms with E-state index in [0.717, 1.165) is 13.1 Å². The van der Waals surface area contributed by atoms with Gasteiger partial charge >= 0.3 is 0 Å². The quantitative estimate of drug-likeness (QED) is 0.745. The summed E-state index contributed by atoms with van der Waals surface area (Å²) in [7, 11) is -3.29. The molecule has 1 saturated heterocycles. The highest BCUT2D eigenvalue weighted by molar-refractivity contribution is 7.87. The van der Waals surface area contributed by atoms with Crippen molar-refractivity contribution in [3.8, 4) is 0 Å². The predicted molar refractivity (Wildman–Crippen MR) is 63.5 cm³/mol. The molecule has 0 aliphatic carbocycles. The topological polar surface area (TPSA) is 61.4 Å². The van der Waals surface area contributed by atoms with Crippen molar-refractivity contribution in [3.63, 3.8) is 0 Å². The van der Waals surface area contributed by atoms with Crippen molar-refractivity contribution in [2.75, 3.05) is 19.6 Å². The molecule has 0 aromatic rings. The summed E-state index contributed by atoms with van der Waals surface area (Å²) in [5.74, 6) is 0. The van der Waals surface area contributed by atoms with Crippen LogP contribution in [0.1, 0.15) is 20.8 Å². The van der Waals surface area contributed by atoms with Crippen LogP contribution in [0.5, 0.6) is 0 Å². The van der Waals surface area contributed by atoms with Gasteiger partial charge in [-0.2, -0.15) is 17.4 Å². The van der Waals surface area contributed by atoms with Crippen LogP contribution < -0.4 is 10.0 Å². The highest BCUT2D eigenvalue weighted by Crippen LogP contribution is 2.07. The minimum atomic E-state index is -3.29. The lowest BCUT2D eigenvalue weighted by molar-refractivity contribution is 0.279. The first-order valence-corrected chi connectivity index (χ1v) is 6.37. The second-order valence-electron chi connectivity index (χ2n) is 3.94. The molecule has 2 N–H and O–H groups in total. The molecule has 1 aliphatic heterocycles. The summed E-state index contributed by atoms with van der Waals surface area (Å²) in [4.78, 5) is 0. The number of hydrogen-bond acceptors (Lipinski definition) is 3. The molecule has 0 amide bonds. The minimum absolute atomic E-state index is 0. The Balaban J connectivity index is 0.00000196. The molecule has 0 aromatic carbocycles. The fourth-order valence-electron chi connectivity index (χ4n) is 1.55. The van der Waals surface area contributed by atoms with E-state index in [1.807, 2.05) is 20.8 Å². The van der Waals surface area contributed by atoms with Gasteiger partial charge in [-0.15, -0.1) is 12.4 Å². The summed E-state index contributed by atoms with van der Waals surface area (Å²) in [5, 5.41) is 3.16. The maximum Gasteiger partial charge on any atom is 0.280 e. The van der Waals surface area contributed by atoms with Crippen LogP contribution in [-0.2, 0) is 10.2 Å². The lowest BCUT2D eigenvalue weighted by Crippen LogP contribution is -2.56. The number of nitrogens with zero attached hydrogens (tertiary/aromatic N) is 1. The standard InChI is InChI=1S/C8H19N3O2S.ClH/c1-7(2)10-14(12,13)11-5-4-9-6-8(11)3;/h7-10H,4-6H2,1-3H3;1H. The van der Waals surface area contributed by atoms with E-state index in [2.05, 4.69) is 10.0 Å². The van der Waals surface area contributed by atoms with Crippen LogP contribution >= 0.6 is 12.4 Å². The molecule has 0 bridgehead atoms. The molecule has 1 atom stereocenters. The zero-order valence-electron chi connectivity index (χ0n) is 9.36. The fourth-order valence-corrected chi connectivity index (χ4v) is 3.16. The van der Waals surface area contributed by atoms with Gasteiger partial charge in [0.25, 0.3) is 10.2 Å². The van der Waals surface area contributed by atoms with Crippen LogP contribution in [0.15, 0.2) is 0 Å². The molecule has 7 heteroatoms. The van der Waals surface area contributed by atoms with Crippen LogP contribution in [0.25, 0.3) is 0 Å². The van der Waals surface area contributed by atoms with E-state index < -0.39 is 10.2 Å². The molecule has 0 spiro atoms. The molecular formula is C8H20ClN3O2S. The molecule has 0 saturated carbocycles. The third-order valence-corrected chi connectivity index (χ3v) is 4.06. The van der Waals surface area contributed by atoms with Crippen molar-refractivity contribution in [1.29, 1.82) is 0 Å². The lowest BCUT2D eigenvalue weighted by atomic mass is 10.3. The largest absolute Gasteiger partial charge is 0.314 e. The first kappa shape index (κ1) is 15.1. The SMILES string of the molecule is CC(C)NS(=O)(=O)N1CCNCC1C.Cl. The molecule has 1 fully saturated rings. The molecule has 0 radical (unpaired) electrons. The average Bonchev–Trinajstić information content (AvgIpc) is 2.02. The average molecular weight is 258 g/mol. The number of nitrogens with one attached hydrogen (secondary N) is 2. The Hall–Kier alpha value is 0.120. The van der Waals surface area contributed by atoms with Crippen molar-refractivity contribution in [2.45, 2.75) is 32.9 Å². The molecule has 0 aromatic heterocycles. The summed E-state index contributed by atoms with van der Waals surface area (Å²) in [6.45, 7) is 7.55. The highest BCUT2D eigenvalue weighted by atomic mass is 35.5. The van der Waals surface area contributed by atoms with Gasteiger partial charge in [0.15, 0.2) is 0 Å². The number of halogens is 1. The van der Waals surface area contributed by atoms with Gasteiger partial charge < -0.3 is 5.32 Å². The monoisotopic (exact) mass is 257 g/mol. The molecular weight excluding hydrogens is 238 g/mol. The predicted octanol–water partition coefficient (Wildman–Crippen LogP) is -0.0553. The van der Waals surface area contributed by atoms with Gasteiger partial charge in [0, 0.05) is 31.7 Å². The van der Waals surface area contributed by atoms with E-state index in [9.17, 15) is 8.42 Å². The number of piperazine rings is 1. The molecule has 1 heterocycles. The first-order valence-electron chi connectivity index (χ1n) is 4.93. The van der Waals surface area contributed by atoms with E-state index in [-0.39, 0.29) is 24.5 Å². The molecule has 5 nitrogen and oxygen atoms in total. The molecule has 1 aliphatic rings. The van der Waals surface area contributed by atoms with Crippen LogP contribution in [0.2, 0.25) is 0 Å². The minimum Gasteiger partial charge on any atom is -0.314 e. The second kappa shape index (κ2) is 6.00. The number of rotatable bonds is 3. The Kier molecular flexibility index (Phi) is 6.05. The second-order valence-corrected chi connectivity index (χ2v) is 5.60. The zero-order valence-corrected chi connectivity index (χ0v) is 11.0. The molecule has 1 unspecified atom stereocenters. The van der Waals surface area contributed by atoms with Gasteiger partial charge in [-0.05, 0) is 20.8 Å². The maximum atomic E-state index is 11.8. The normalized spacial score (nSPS) is 23.9. The van der Waals surface area contributed by atoms with Crippen LogP contribution in [0.3, 0.4) is 0 Å². The summed E-state index contributed by atoms with van der Waals surface area (Å²) >= 11 is 0. The number of hydrogen-bond donors (Lipinski definition) is 2. The molecule has 15 heavy (non-hydrogen) atoms. The Morgan fingerprint density at radius 3 is 2.53 bits per heavy atom. The van der Waals surface area contributed by atoms with E-state index in [1.54, 1.807) is 0 Å². The van der Waals surface area contributed by atoms with Gasteiger partial charge in [-0.3, -0.25) is 0 Å². The molecule has 1 rings (SSSR count). The zero-order chi connectivity index (χ0) is 10.8. The van der Waals surface area contributed by atoms with Gasteiger partial charge in [0.2, 0.25) is 0 Å². The summed E-state index contributed by atoms with van der Waals surface area (Å²) < 4.78 is 27.7. The molecule has 92 valence electrons. The van der Waals surface area contributed by atoms with Gasteiger partial charge in [-0.1, -0.05) is 0 Å². The summed E-state index contributed by atoms with van der Waals surface area (Å²) in [6, 6.07) is -0.0258. The first-order chi connectivity index (χ1) is 6.43. The van der Waals surface area contributed by atoms with Crippen molar-refractivity contribution in [2.24, 2.45) is 0 Å². The Morgan fingerprint density at radius 1 is 1.47 bits per heavy atom. The van der Waals surface area contributed by atoms with Gasteiger partial charge in [0.1, 0.15) is 0 Å². The lowest BCUT2D eigenvalue weighted by Gasteiger charge is -2.33. The van der Waals surface area contributed by atoms with Crippen LogP contribution in [-0.4, -0.2) is 44.4 Å². The van der Waals surface area contributed by atoms with Gasteiger partial charge in [0.05, 0.1) is 0 Å². The Morgan fingerprint density at radius 2 is 2.07 bits per heavy atom. The fraction of sp³-hybridized carbons (Fsp3) is 1.00. The van der Waals surface area contributed by atoms with Crippen molar-refractivity contribution >= 4 is 22.6 Å². The van der Waals surface area contributed by atoms with Crippen LogP contribution in [0.4, 0.5) is 0 Å². The van der Waals surface area contributed by atoms with E-state index in [0.29, 0.717) is 6.54 Å². The summed E-state index contributed by atoms with van der Waals surface area (Å²) in [5.41, 5.74) is 0. The van der Waals surface area contributed by atoms with Crippen molar-refractivity contribution in [1.82, 2.24) is 14.3 Å². The third kappa shape index (κ3) is 4.24. The van der Waals surface area contributed by atoms with E-state index in [1.165, 1.54) is 4.31 Å². The third-order valence-electron chi connectivity index (χ3n) is 2.13. The van der Waals surface area contributed by atoms with Crippen molar-refractivity contribution in [3.05, 3.63) is 0 Å². The van der Waals surface area contributed by atoms with Gasteiger partial charge in [-0.25, -0.2) is 0 Å². The van der Waals surface area contributed by atoms with Crippen LogP contribution in [0, 0.1) is 0 Å². The maximum absolute atomic E-state index is 11.8. The van der Waals surface area contributed by atoms with Crippen molar-refractivity contribution < 1.29 is 8.42 Å². The van der Waals surface area contributed by atoms with E-state index in [4.69, 9.17) is 0 Å².